The van der Waals surface area contributed by atoms with Crippen molar-refractivity contribution in [2.45, 2.75) is 6.42 Å². The zero-order valence-corrected chi connectivity index (χ0v) is 12.0. The molecule has 3 nitrogen and oxygen atoms in total. The van der Waals surface area contributed by atoms with Gasteiger partial charge in [-0.15, -0.1) is 11.6 Å². The Balaban J connectivity index is 2.80. The zero-order valence-electron chi connectivity index (χ0n) is 10.4. The monoisotopic (exact) mass is 304 g/mol. The standard InChI is InChI=1S/C13H14ClFO3S/c1-19(16,17)9-8-18-13-6-5-12(15)10-11(13)4-2-3-7-14/h5-6,10H,3,7-9H2,1H3. The Kier molecular flexibility index (Phi) is 6.13. The number of halogens is 2. The molecular formula is C13H14ClFO3S. The van der Waals surface area contributed by atoms with Crippen molar-refractivity contribution >= 4 is 21.4 Å². The minimum absolute atomic E-state index is 0.00858. The first-order valence-electron chi connectivity index (χ1n) is 5.57. The van der Waals surface area contributed by atoms with Crippen LogP contribution in [0.25, 0.3) is 0 Å². The van der Waals surface area contributed by atoms with E-state index in [1.54, 1.807) is 0 Å². The van der Waals surface area contributed by atoms with E-state index in [1.807, 2.05) is 0 Å². The molecule has 0 atom stereocenters. The van der Waals surface area contributed by atoms with Gasteiger partial charge in [0.25, 0.3) is 0 Å². The molecule has 19 heavy (non-hydrogen) atoms. The summed E-state index contributed by atoms with van der Waals surface area (Å²) < 4.78 is 40.4. The van der Waals surface area contributed by atoms with Crippen LogP contribution >= 0.6 is 11.6 Å². The molecule has 0 unspecified atom stereocenters. The van der Waals surface area contributed by atoms with Crippen LogP contribution in [-0.4, -0.2) is 32.9 Å². The first kappa shape index (κ1) is 15.8. The molecule has 0 saturated carbocycles. The molecule has 0 radical (unpaired) electrons. The SMILES string of the molecule is CS(=O)(=O)CCOc1ccc(F)cc1C#CCCCl. The average molecular weight is 305 g/mol. The number of hydrogen-bond donors (Lipinski definition) is 0. The summed E-state index contributed by atoms with van der Waals surface area (Å²) in [5, 5.41) is 0. The molecule has 0 spiro atoms. The lowest BCUT2D eigenvalue weighted by Crippen LogP contribution is -2.12. The predicted octanol–water partition coefficient (Wildman–Crippen LogP) is 2.23. The molecule has 1 aromatic rings. The number of alkyl halides is 1. The Bertz CT molecular complexity index is 588. The second-order valence-corrected chi connectivity index (χ2v) is 6.50. The van der Waals surface area contributed by atoms with Crippen LogP contribution in [0.3, 0.4) is 0 Å². The normalized spacial score (nSPS) is 10.7. The Morgan fingerprint density at radius 2 is 2.16 bits per heavy atom. The summed E-state index contributed by atoms with van der Waals surface area (Å²) in [7, 11) is -3.09. The van der Waals surface area contributed by atoms with E-state index in [-0.39, 0.29) is 12.4 Å². The van der Waals surface area contributed by atoms with Crippen molar-refractivity contribution in [1.82, 2.24) is 0 Å². The summed E-state index contributed by atoms with van der Waals surface area (Å²) in [5.74, 6) is 5.77. The minimum atomic E-state index is -3.09. The van der Waals surface area contributed by atoms with Gasteiger partial charge >= 0.3 is 0 Å². The number of ether oxygens (including phenoxy) is 1. The molecule has 0 aliphatic heterocycles. The van der Waals surface area contributed by atoms with Crippen LogP contribution in [0.5, 0.6) is 5.75 Å². The fourth-order valence-electron chi connectivity index (χ4n) is 1.23. The van der Waals surface area contributed by atoms with E-state index >= 15 is 0 Å². The zero-order chi connectivity index (χ0) is 14.3. The van der Waals surface area contributed by atoms with Crippen LogP contribution in [0.1, 0.15) is 12.0 Å². The van der Waals surface area contributed by atoms with E-state index in [2.05, 4.69) is 11.8 Å². The van der Waals surface area contributed by atoms with E-state index in [9.17, 15) is 12.8 Å². The third-order valence-electron chi connectivity index (χ3n) is 2.10. The topological polar surface area (TPSA) is 43.4 Å². The molecule has 0 amide bonds. The maximum atomic E-state index is 13.1. The van der Waals surface area contributed by atoms with Gasteiger partial charge in [0, 0.05) is 18.6 Å². The highest BCUT2D eigenvalue weighted by molar-refractivity contribution is 7.90. The largest absolute Gasteiger partial charge is 0.491 e. The second-order valence-electron chi connectivity index (χ2n) is 3.86. The van der Waals surface area contributed by atoms with Crippen molar-refractivity contribution in [3.05, 3.63) is 29.6 Å². The van der Waals surface area contributed by atoms with E-state index in [1.165, 1.54) is 18.2 Å². The molecule has 6 heteroatoms. The molecular weight excluding hydrogens is 291 g/mol. The van der Waals surface area contributed by atoms with Gasteiger partial charge in [-0.3, -0.25) is 0 Å². The van der Waals surface area contributed by atoms with E-state index in [0.717, 1.165) is 6.26 Å². The van der Waals surface area contributed by atoms with Crippen molar-refractivity contribution in [1.29, 1.82) is 0 Å². The molecule has 0 aliphatic rings. The van der Waals surface area contributed by atoms with Gasteiger partial charge in [0.15, 0.2) is 9.84 Å². The Labute approximate surface area is 117 Å². The minimum Gasteiger partial charge on any atom is -0.491 e. The molecule has 0 fully saturated rings. The third-order valence-corrected chi connectivity index (χ3v) is 3.19. The van der Waals surface area contributed by atoms with Crippen molar-refractivity contribution in [3.8, 4) is 17.6 Å². The molecule has 1 rings (SSSR count). The summed E-state index contributed by atoms with van der Waals surface area (Å²) in [6.07, 6.45) is 1.61. The third kappa shape index (κ3) is 6.46. The van der Waals surface area contributed by atoms with Crippen molar-refractivity contribution in [3.63, 3.8) is 0 Å². The van der Waals surface area contributed by atoms with Crippen molar-refractivity contribution in [2.75, 3.05) is 24.5 Å². The van der Waals surface area contributed by atoms with Crippen LogP contribution in [0.4, 0.5) is 4.39 Å². The average Bonchev–Trinajstić information content (AvgIpc) is 2.30. The predicted molar refractivity (Wildman–Crippen MR) is 73.8 cm³/mol. The summed E-state index contributed by atoms with van der Waals surface area (Å²) in [5.41, 5.74) is 0.388. The smallest absolute Gasteiger partial charge is 0.150 e. The quantitative estimate of drug-likeness (QED) is 0.619. The van der Waals surface area contributed by atoms with Gasteiger partial charge in [0.2, 0.25) is 0 Å². The Morgan fingerprint density at radius 1 is 1.42 bits per heavy atom. The van der Waals surface area contributed by atoms with Crippen LogP contribution in [-0.2, 0) is 9.84 Å². The fraction of sp³-hybridized carbons (Fsp3) is 0.385. The van der Waals surface area contributed by atoms with Gasteiger partial charge in [0.1, 0.15) is 18.2 Å². The molecule has 0 heterocycles. The number of rotatable bonds is 5. The summed E-state index contributed by atoms with van der Waals surface area (Å²) in [6.45, 7) is 0.00858. The van der Waals surface area contributed by atoms with Crippen LogP contribution in [0, 0.1) is 17.7 Å². The maximum absolute atomic E-state index is 13.1. The lowest BCUT2D eigenvalue weighted by atomic mass is 10.2. The van der Waals surface area contributed by atoms with Gasteiger partial charge in [0.05, 0.1) is 11.3 Å². The summed E-state index contributed by atoms with van der Waals surface area (Å²) >= 11 is 5.50. The lowest BCUT2D eigenvalue weighted by Gasteiger charge is -2.07. The Hall–Kier alpha value is -1.25. The van der Waals surface area contributed by atoms with E-state index in [4.69, 9.17) is 16.3 Å². The van der Waals surface area contributed by atoms with Crippen molar-refractivity contribution in [2.24, 2.45) is 0 Å². The molecule has 1 aromatic carbocycles. The van der Waals surface area contributed by atoms with E-state index < -0.39 is 15.7 Å². The molecule has 0 bridgehead atoms. The summed E-state index contributed by atoms with van der Waals surface area (Å²) in [6, 6.07) is 3.92. The lowest BCUT2D eigenvalue weighted by molar-refractivity contribution is 0.339. The highest BCUT2D eigenvalue weighted by atomic mass is 35.5. The number of benzene rings is 1. The number of hydrogen-bond acceptors (Lipinski definition) is 3. The fourth-order valence-corrected chi connectivity index (χ4v) is 1.71. The van der Waals surface area contributed by atoms with Crippen LogP contribution in [0.2, 0.25) is 0 Å². The first-order valence-corrected chi connectivity index (χ1v) is 8.17. The molecule has 0 aliphatic carbocycles. The first-order chi connectivity index (χ1) is 8.92. The maximum Gasteiger partial charge on any atom is 0.150 e. The van der Waals surface area contributed by atoms with Gasteiger partial charge in [-0.25, -0.2) is 12.8 Å². The molecule has 0 aromatic heterocycles. The van der Waals surface area contributed by atoms with Gasteiger partial charge in [-0.05, 0) is 18.2 Å². The van der Waals surface area contributed by atoms with Gasteiger partial charge in [-0.1, -0.05) is 11.8 Å². The van der Waals surface area contributed by atoms with Gasteiger partial charge in [-0.2, -0.15) is 0 Å². The molecule has 104 valence electrons. The molecule has 0 N–H and O–H groups in total. The molecule has 0 saturated heterocycles. The Morgan fingerprint density at radius 3 is 2.79 bits per heavy atom. The second kappa shape index (κ2) is 7.37. The van der Waals surface area contributed by atoms with Crippen molar-refractivity contribution < 1.29 is 17.5 Å². The highest BCUT2D eigenvalue weighted by Gasteiger charge is 2.06. The van der Waals surface area contributed by atoms with E-state index in [0.29, 0.717) is 23.6 Å². The van der Waals surface area contributed by atoms with Crippen LogP contribution < -0.4 is 4.74 Å². The van der Waals surface area contributed by atoms with Crippen LogP contribution in [0.15, 0.2) is 18.2 Å². The summed E-state index contributed by atoms with van der Waals surface area (Å²) in [4.78, 5) is 0. The number of sulfone groups is 1. The van der Waals surface area contributed by atoms with Gasteiger partial charge < -0.3 is 4.74 Å². The highest BCUT2D eigenvalue weighted by Crippen LogP contribution is 2.18.